The van der Waals surface area contributed by atoms with E-state index in [4.69, 9.17) is 14.2 Å². The molecule has 0 amide bonds. The number of hydrogen-bond acceptors (Lipinski definition) is 4. The van der Waals surface area contributed by atoms with Crippen LogP contribution in [-0.2, 0) is 32.8 Å². The van der Waals surface area contributed by atoms with Gasteiger partial charge in [-0.05, 0) is 71.1 Å². The number of ether oxygens (including phenoxy) is 3. The first-order chi connectivity index (χ1) is 17.3. The summed E-state index contributed by atoms with van der Waals surface area (Å²) in [5.41, 5.74) is 4.06. The first kappa shape index (κ1) is 29.8. The van der Waals surface area contributed by atoms with Gasteiger partial charge in [0.05, 0.1) is 43.8 Å². The van der Waals surface area contributed by atoms with Crippen LogP contribution >= 0.6 is 0 Å². The van der Waals surface area contributed by atoms with Crippen LogP contribution in [0.25, 0.3) is 0 Å². The zero-order valence-electron chi connectivity index (χ0n) is 23.1. The van der Waals surface area contributed by atoms with E-state index in [1.165, 1.54) is 24.0 Å². The minimum absolute atomic E-state index is 0.281. The van der Waals surface area contributed by atoms with Crippen molar-refractivity contribution in [3.8, 4) is 0 Å². The van der Waals surface area contributed by atoms with Crippen LogP contribution in [0.2, 0.25) is 0 Å². The van der Waals surface area contributed by atoms with Gasteiger partial charge in [-0.1, -0.05) is 67.6 Å². The summed E-state index contributed by atoms with van der Waals surface area (Å²) < 4.78 is 16.6. The molecule has 36 heavy (non-hydrogen) atoms. The molecule has 1 atom stereocenters. The summed E-state index contributed by atoms with van der Waals surface area (Å²) in [5.74, 6) is 0. The molecule has 0 bridgehead atoms. The molecule has 1 heterocycles. The van der Waals surface area contributed by atoms with Gasteiger partial charge in [0.15, 0.2) is 0 Å². The van der Waals surface area contributed by atoms with Gasteiger partial charge in [-0.3, -0.25) is 5.10 Å². The van der Waals surface area contributed by atoms with Crippen molar-refractivity contribution in [1.29, 1.82) is 0 Å². The van der Waals surface area contributed by atoms with Gasteiger partial charge < -0.3 is 14.2 Å². The van der Waals surface area contributed by atoms with Gasteiger partial charge in [-0.25, -0.2) is 0 Å². The largest absolute Gasteiger partial charge is 0.378 e. The molecule has 1 saturated carbocycles. The van der Waals surface area contributed by atoms with E-state index in [2.05, 4.69) is 66.5 Å². The summed E-state index contributed by atoms with van der Waals surface area (Å²) in [5, 5.41) is 6.61. The van der Waals surface area contributed by atoms with Crippen LogP contribution in [0.5, 0.6) is 0 Å². The molecule has 0 radical (unpaired) electrons. The molecule has 0 saturated heterocycles. The quantitative estimate of drug-likeness (QED) is 0.300. The van der Waals surface area contributed by atoms with Gasteiger partial charge >= 0.3 is 0 Å². The predicted molar refractivity (Wildman–Crippen MR) is 148 cm³/mol. The van der Waals surface area contributed by atoms with Crippen molar-refractivity contribution in [3.63, 3.8) is 0 Å². The molecule has 3 aromatic rings. The van der Waals surface area contributed by atoms with Crippen LogP contribution in [-0.4, -0.2) is 35.1 Å². The van der Waals surface area contributed by atoms with Crippen molar-refractivity contribution in [2.75, 3.05) is 6.61 Å². The maximum atomic E-state index is 5.87. The zero-order chi connectivity index (χ0) is 26.2. The number of aromatic amines is 1. The van der Waals surface area contributed by atoms with Gasteiger partial charge in [0, 0.05) is 11.6 Å². The molecule has 198 valence electrons. The van der Waals surface area contributed by atoms with Crippen LogP contribution < -0.4 is 0 Å². The van der Waals surface area contributed by atoms with Crippen molar-refractivity contribution in [2.45, 2.75) is 97.7 Å². The molecule has 1 aliphatic carbocycles. The Bertz CT molecular complexity index is 908. The van der Waals surface area contributed by atoms with Crippen molar-refractivity contribution >= 4 is 0 Å². The van der Waals surface area contributed by atoms with E-state index in [0.29, 0.717) is 24.2 Å². The van der Waals surface area contributed by atoms with Gasteiger partial charge in [-0.15, -0.1) is 0 Å². The first-order valence-corrected chi connectivity index (χ1v) is 13.3. The molecule has 4 rings (SSSR count). The summed E-state index contributed by atoms with van der Waals surface area (Å²) >= 11 is 0. The lowest BCUT2D eigenvalue weighted by atomic mass is 9.97. The van der Waals surface area contributed by atoms with E-state index >= 15 is 0 Å². The fourth-order valence-corrected chi connectivity index (χ4v) is 3.34. The highest BCUT2D eigenvalue weighted by Gasteiger charge is 2.44. The van der Waals surface area contributed by atoms with Crippen molar-refractivity contribution < 1.29 is 14.2 Å². The fraction of sp³-hybridized carbons (Fsp3) is 0.516. The average molecular weight is 495 g/mol. The molecular formula is C31H46N2O3. The molecule has 5 heteroatoms. The second kappa shape index (κ2) is 16.3. The van der Waals surface area contributed by atoms with Crippen molar-refractivity contribution in [3.05, 3.63) is 89.7 Å². The van der Waals surface area contributed by atoms with Crippen molar-refractivity contribution in [1.82, 2.24) is 10.2 Å². The number of H-pyrrole nitrogens is 1. The summed E-state index contributed by atoms with van der Waals surface area (Å²) in [6.45, 7) is 14.7. The maximum absolute atomic E-state index is 5.87. The Kier molecular flexibility index (Phi) is 13.5. The highest BCUT2D eigenvalue weighted by atomic mass is 16.5. The number of nitrogens with zero attached hydrogens (tertiary/aromatic N) is 1. The number of aromatic nitrogens is 2. The highest BCUT2D eigenvalue weighted by molar-refractivity contribution is 5.31. The van der Waals surface area contributed by atoms with Gasteiger partial charge in [0.25, 0.3) is 0 Å². The van der Waals surface area contributed by atoms with E-state index in [0.717, 1.165) is 25.3 Å². The minimum atomic E-state index is 0.281. The van der Waals surface area contributed by atoms with E-state index in [1.54, 1.807) is 6.20 Å². The van der Waals surface area contributed by atoms with Crippen LogP contribution in [0.3, 0.4) is 0 Å². The van der Waals surface area contributed by atoms with E-state index < -0.39 is 0 Å². The third-order valence-corrected chi connectivity index (χ3v) is 6.02. The lowest BCUT2D eigenvalue weighted by Crippen LogP contribution is -2.19. The minimum Gasteiger partial charge on any atom is -0.378 e. The summed E-state index contributed by atoms with van der Waals surface area (Å²) in [7, 11) is 0. The third-order valence-electron chi connectivity index (χ3n) is 6.02. The molecule has 5 nitrogen and oxygen atoms in total. The van der Waals surface area contributed by atoms with Crippen LogP contribution in [0.15, 0.2) is 72.9 Å². The number of nitrogens with one attached hydrogen (secondary N) is 1. The molecule has 1 fully saturated rings. The Morgan fingerprint density at radius 2 is 1.36 bits per heavy atom. The van der Waals surface area contributed by atoms with E-state index in [1.807, 2.05) is 52.0 Å². The van der Waals surface area contributed by atoms with Crippen LogP contribution in [0, 0.1) is 0 Å². The SMILES string of the molecule is CC(C)OCc1ccccc1.CC(C)OCc1ccn[nH]1.CCC(C)OCC1(c2ccccc2)CC1. The van der Waals surface area contributed by atoms with Gasteiger partial charge in [0.2, 0.25) is 0 Å². The van der Waals surface area contributed by atoms with Gasteiger partial charge in [-0.2, -0.15) is 5.10 Å². The van der Waals surface area contributed by atoms with E-state index in [9.17, 15) is 0 Å². The average Bonchev–Trinajstić information content (AvgIpc) is 3.51. The molecule has 2 aromatic carbocycles. The summed E-state index contributed by atoms with van der Waals surface area (Å²) in [6.07, 6.45) is 6.38. The molecule has 1 aromatic heterocycles. The van der Waals surface area contributed by atoms with Gasteiger partial charge in [0.1, 0.15) is 0 Å². The molecule has 1 N–H and O–H groups in total. The topological polar surface area (TPSA) is 56.4 Å². The lowest BCUT2D eigenvalue weighted by Gasteiger charge is -2.19. The van der Waals surface area contributed by atoms with Crippen LogP contribution in [0.4, 0.5) is 0 Å². The molecule has 0 aliphatic heterocycles. The third kappa shape index (κ3) is 12.0. The maximum Gasteiger partial charge on any atom is 0.0885 e. The number of rotatable bonds is 11. The zero-order valence-corrected chi connectivity index (χ0v) is 23.1. The Labute approximate surface area is 218 Å². The molecule has 0 spiro atoms. The second-order valence-corrected chi connectivity index (χ2v) is 9.96. The summed E-state index contributed by atoms with van der Waals surface area (Å²) in [4.78, 5) is 0. The number of benzene rings is 2. The van der Waals surface area contributed by atoms with Crippen LogP contribution in [0.1, 0.15) is 77.6 Å². The molecular weight excluding hydrogens is 448 g/mol. The number of hydrogen-bond donors (Lipinski definition) is 1. The molecule has 1 aliphatic rings. The lowest BCUT2D eigenvalue weighted by molar-refractivity contribution is 0.0480. The Balaban J connectivity index is 0.000000196. The highest BCUT2D eigenvalue weighted by Crippen LogP contribution is 2.48. The first-order valence-electron chi connectivity index (χ1n) is 13.3. The standard InChI is InChI=1S/C14H20O.C10H14O.C7H12N2O/c1-3-12(2)15-11-14(9-10-14)13-7-5-4-6-8-13;1-9(2)11-8-10-6-4-3-5-7-10;1-6(2)10-5-7-3-4-8-9-7/h4-8,12H,3,9-11H2,1-2H3;3-7,9H,8H2,1-2H3;3-4,6H,5H2,1-2H3,(H,8,9). The summed E-state index contributed by atoms with van der Waals surface area (Å²) in [6, 6.07) is 22.9. The normalized spacial score (nSPS) is 14.4. The Morgan fingerprint density at radius 3 is 1.86 bits per heavy atom. The van der Waals surface area contributed by atoms with Crippen molar-refractivity contribution in [2.24, 2.45) is 0 Å². The molecule has 1 unspecified atom stereocenters. The second-order valence-electron chi connectivity index (χ2n) is 9.96. The smallest absolute Gasteiger partial charge is 0.0885 e. The Hall–Kier alpha value is -2.47. The predicted octanol–water partition coefficient (Wildman–Crippen LogP) is 7.48. The Morgan fingerprint density at radius 1 is 0.778 bits per heavy atom. The monoisotopic (exact) mass is 494 g/mol. The van der Waals surface area contributed by atoms with E-state index in [-0.39, 0.29) is 6.10 Å². The fourth-order valence-electron chi connectivity index (χ4n) is 3.34.